The second-order valence-electron chi connectivity index (χ2n) is 3.69. The molecule has 0 radical (unpaired) electrons. The van der Waals surface area contributed by atoms with E-state index in [1.54, 1.807) is 45.2 Å². The maximum absolute atomic E-state index is 12.0. The van der Waals surface area contributed by atoms with Gasteiger partial charge in [0.15, 0.2) is 5.69 Å². The van der Waals surface area contributed by atoms with E-state index in [0.29, 0.717) is 5.69 Å². The first-order valence-electron chi connectivity index (χ1n) is 5.75. The van der Waals surface area contributed by atoms with Crippen LogP contribution in [0.5, 0.6) is 0 Å². The van der Waals surface area contributed by atoms with Crippen LogP contribution in [0.1, 0.15) is 20.3 Å². The Morgan fingerprint density at radius 1 is 1.28 bits per heavy atom. The molecule has 0 saturated carbocycles. The SMILES string of the molecule is CCOS(=O)O[N+](C)(C(=O)CC)c1ccccc1. The zero-order chi connectivity index (χ0) is 13.6. The number of rotatable bonds is 6. The van der Waals surface area contributed by atoms with Crippen LogP contribution in [-0.4, -0.2) is 23.8 Å². The van der Waals surface area contributed by atoms with Gasteiger partial charge < -0.3 is 0 Å². The van der Waals surface area contributed by atoms with Crippen LogP contribution in [0.3, 0.4) is 0 Å². The Labute approximate surface area is 110 Å². The number of carbonyl (C=O) groups is 1. The highest BCUT2D eigenvalue weighted by molar-refractivity contribution is 7.75. The van der Waals surface area contributed by atoms with Gasteiger partial charge in [0.2, 0.25) is 0 Å². The third-order valence-electron chi connectivity index (χ3n) is 2.45. The van der Waals surface area contributed by atoms with Crippen LogP contribution in [0.4, 0.5) is 5.69 Å². The number of benzene rings is 1. The second-order valence-corrected chi connectivity index (χ2v) is 4.49. The van der Waals surface area contributed by atoms with Crippen molar-refractivity contribution in [2.75, 3.05) is 13.7 Å². The molecule has 100 valence electrons. The first-order chi connectivity index (χ1) is 8.54. The third kappa shape index (κ3) is 3.46. The Balaban J connectivity index is 3.04. The molecule has 0 bridgehead atoms. The fourth-order valence-corrected chi connectivity index (χ4v) is 2.13. The van der Waals surface area contributed by atoms with Gasteiger partial charge >= 0.3 is 17.3 Å². The Bertz CT molecular complexity index is 423. The molecule has 0 aliphatic heterocycles. The molecule has 1 aromatic carbocycles. The molecule has 1 rings (SSSR count). The average molecular weight is 272 g/mol. The van der Waals surface area contributed by atoms with Gasteiger partial charge in [-0.05, 0) is 6.92 Å². The number of hydroxylamine groups is 2. The van der Waals surface area contributed by atoms with E-state index >= 15 is 0 Å². The van der Waals surface area contributed by atoms with Crippen molar-refractivity contribution in [3.8, 4) is 0 Å². The van der Waals surface area contributed by atoms with Gasteiger partial charge in [0.1, 0.15) is 7.05 Å². The highest BCUT2D eigenvalue weighted by atomic mass is 32.2. The van der Waals surface area contributed by atoms with Gasteiger partial charge in [0.05, 0.1) is 13.0 Å². The Morgan fingerprint density at radius 2 is 1.89 bits per heavy atom. The molecule has 0 saturated heterocycles. The van der Waals surface area contributed by atoms with Gasteiger partial charge in [0.25, 0.3) is 0 Å². The molecule has 2 atom stereocenters. The number of carbonyl (C=O) groups excluding carboxylic acids is 1. The van der Waals surface area contributed by atoms with E-state index in [1.807, 2.05) is 6.07 Å². The fraction of sp³-hybridized carbons (Fsp3) is 0.417. The van der Waals surface area contributed by atoms with Crippen molar-refractivity contribution in [2.45, 2.75) is 20.3 Å². The quantitative estimate of drug-likeness (QED) is 0.588. The van der Waals surface area contributed by atoms with E-state index in [1.165, 1.54) is 0 Å². The monoisotopic (exact) mass is 272 g/mol. The lowest BCUT2D eigenvalue weighted by molar-refractivity contribution is -0.149. The molecule has 0 aliphatic rings. The Morgan fingerprint density at radius 3 is 2.39 bits per heavy atom. The summed E-state index contributed by atoms with van der Waals surface area (Å²) < 4.78 is 21.1. The lowest BCUT2D eigenvalue weighted by Crippen LogP contribution is -2.50. The second kappa shape index (κ2) is 6.75. The molecule has 18 heavy (non-hydrogen) atoms. The predicted octanol–water partition coefficient (Wildman–Crippen LogP) is 2.11. The normalized spacial score (nSPS) is 15.9. The van der Waals surface area contributed by atoms with Gasteiger partial charge in [0, 0.05) is 12.1 Å². The summed E-state index contributed by atoms with van der Waals surface area (Å²) in [5, 5.41) is 0. The molecule has 2 unspecified atom stereocenters. The number of quaternary nitrogens is 1. The summed E-state index contributed by atoms with van der Waals surface area (Å²) in [6, 6.07) is 8.92. The molecule has 5 nitrogen and oxygen atoms in total. The maximum Gasteiger partial charge on any atom is 0.358 e. The summed E-state index contributed by atoms with van der Waals surface area (Å²) in [6.07, 6.45) is 0.273. The van der Waals surface area contributed by atoms with Crippen molar-refractivity contribution in [3.63, 3.8) is 0 Å². The van der Waals surface area contributed by atoms with E-state index in [0.717, 1.165) is 0 Å². The highest BCUT2D eigenvalue weighted by Crippen LogP contribution is 2.23. The number of amides is 1. The summed E-state index contributed by atoms with van der Waals surface area (Å²) >= 11 is -1.96. The minimum atomic E-state index is -1.96. The summed E-state index contributed by atoms with van der Waals surface area (Å²) in [7, 11) is 1.55. The third-order valence-corrected chi connectivity index (χ3v) is 3.30. The van der Waals surface area contributed by atoms with Crippen molar-refractivity contribution < 1.29 is 17.5 Å². The van der Waals surface area contributed by atoms with Gasteiger partial charge in [-0.1, -0.05) is 34.1 Å². The molecule has 0 fully saturated rings. The van der Waals surface area contributed by atoms with Crippen LogP contribution in [0.2, 0.25) is 0 Å². The number of hydrogen-bond acceptors (Lipinski definition) is 4. The molecular weight excluding hydrogens is 254 g/mol. The van der Waals surface area contributed by atoms with Crippen molar-refractivity contribution in [1.82, 2.24) is 4.65 Å². The molecule has 1 amide bonds. The van der Waals surface area contributed by atoms with E-state index in [9.17, 15) is 9.00 Å². The van der Waals surface area contributed by atoms with Crippen LogP contribution in [0.15, 0.2) is 30.3 Å². The minimum Gasteiger partial charge on any atom is -0.265 e. The van der Waals surface area contributed by atoms with Crippen molar-refractivity contribution in [2.24, 2.45) is 0 Å². The molecule has 0 heterocycles. The molecule has 0 aromatic heterocycles. The van der Waals surface area contributed by atoms with Crippen LogP contribution < -0.4 is 4.65 Å². The Kier molecular flexibility index (Phi) is 5.61. The maximum atomic E-state index is 12.0. The lowest BCUT2D eigenvalue weighted by Gasteiger charge is -2.25. The van der Waals surface area contributed by atoms with Crippen molar-refractivity contribution >= 4 is 23.0 Å². The fourth-order valence-electron chi connectivity index (χ4n) is 1.48. The standard InChI is InChI=1S/C12H18NO4S/c1-4-12(14)13(3,17-18(15)16-5-2)11-9-7-6-8-10-11/h6-10H,4-5H2,1-3H3/q+1. The van der Waals surface area contributed by atoms with Crippen LogP contribution in [0, 0.1) is 0 Å². The largest absolute Gasteiger partial charge is 0.358 e. The van der Waals surface area contributed by atoms with Crippen LogP contribution >= 0.6 is 0 Å². The first kappa shape index (κ1) is 15.0. The van der Waals surface area contributed by atoms with Crippen molar-refractivity contribution in [3.05, 3.63) is 30.3 Å². The lowest BCUT2D eigenvalue weighted by atomic mass is 10.3. The van der Waals surface area contributed by atoms with Crippen LogP contribution in [-0.2, 0) is 24.6 Å². The summed E-state index contributed by atoms with van der Waals surface area (Å²) in [5.74, 6) is -0.200. The molecule has 0 aliphatic carbocycles. The van der Waals surface area contributed by atoms with E-state index in [2.05, 4.69) is 0 Å². The summed E-state index contributed by atoms with van der Waals surface area (Å²) in [6.45, 7) is 3.69. The van der Waals surface area contributed by atoms with Gasteiger partial charge in [-0.25, -0.2) is 4.79 Å². The van der Waals surface area contributed by atoms with Crippen molar-refractivity contribution in [1.29, 1.82) is 0 Å². The predicted molar refractivity (Wildman–Crippen MR) is 70.3 cm³/mol. The van der Waals surface area contributed by atoms with E-state index < -0.39 is 16.0 Å². The molecule has 0 spiro atoms. The number of nitrogens with zero attached hydrogens (tertiary/aromatic N) is 1. The average Bonchev–Trinajstić information content (AvgIpc) is 2.38. The highest BCUT2D eigenvalue weighted by Gasteiger charge is 2.38. The first-order valence-corrected chi connectivity index (χ1v) is 6.75. The van der Waals surface area contributed by atoms with Gasteiger partial charge in [-0.15, -0.1) is 0 Å². The number of hydrogen-bond donors (Lipinski definition) is 0. The zero-order valence-electron chi connectivity index (χ0n) is 10.8. The number of para-hydroxylation sites is 1. The Hall–Kier alpha value is -1.08. The summed E-state index contributed by atoms with van der Waals surface area (Å²) in [5.41, 5.74) is 0.609. The van der Waals surface area contributed by atoms with E-state index in [4.69, 9.17) is 8.47 Å². The molecule has 0 N–H and O–H groups in total. The molecule has 6 heteroatoms. The van der Waals surface area contributed by atoms with Crippen LogP contribution in [0.25, 0.3) is 0 Å². The minimum absolute atomic E-state index is 0.200. The van der Waals surface area contributed by atoms with Gasteiger partial charge in [-0.2, -0.15) is 4.21 Å². The summed E-state index contributed by atoms with van der Waals surface area (Å²) in [4.78, 5) is 12.0. The zero-order valence-corrected chi connectivity index (χ0v) is 11.6. The molecule has 1 aromatic rings. The van der Waals surface area contributed by atoms with E-state index in [-0.39, 0.29) is 18.9 Å². The smallest absolute Gasteiger partial charge is 0.265 e. The topological polar surface area (TPSA) is 52.6 Å². The molecular formula is C12H18NO4S+. The van der Waals surface area contributed by atoms with Gasteiger partial charge in [-0.3, -0.25) is 4.18 Å².